The second-order valence-corrected chi connectivity index (χ2v) is 7.63. The molecule has 11 heteroatoms. The SMILES string of the molecule is Cl.Cl.Cl.O=CNC1(OC(=O)CNN2CCN(C3CCNCC3)CC2)CCCCC1. The van der Waals surface area contributed by atoms with Gasteiger partial charge in [-0.25, -0.2) is 10.4 Å². The minimum Gasteiger partial charge on any atom is -0.438 e. The maximum atomic E-state index is 12.3. The summed E-state index contributed by atoms with van der Waals surface area (Å²) in [6.45, 7) is 6.27. The van der Waals surface area contributed by atoms with Crippen LogP contribution in [0.4, 0.5) is 0 Å². The van der Waals surface area contributed by atoms with Gasteiger partial charge in [0.25, 0.3) is 0 Å². The van der Waals surface area contributed by atoms with Crippen molar-refractivity contribution in [2.75, 3.05) is 45.8 Å². The van der Waals surface area contributed by atoms with Crippen LogP contribution in [0.25, 0.3) is 0 Å². The predicted octanol–water partition coefficient (Wildman–Crippen LogP) is 1.08. The van der Waals surface area contributed by atoms with Crippen molar-refractivity contribution in [1.82, 2.24) is 26.0 Å². The molecular formula is C18H36Cl3N5O3. The Bertz CT molecular complexity index is 470. The van der Waals surface area contributed by atoms with Crippen molar-refractivity contribution in [1.29, 1.82) is 0 Å². The Hall–Kier alpha value is -0.350. The molecule has 0 aromatic heterocycles. The molecule has 0 spiro atoms. The highest BCUT2D eigenvalue weighted by atomic mass is 35.5. The quantitative estimate of drug-likeness (QED) is 0.288. The minimum absolute atomic E-state index is 0. The number of carbonyl (C=O) groups is 2. The lowest BCUT2D eigenvalue weighted by atomic mass is 9.91. The summed E-state index contributed by atoms with van der Waals surface area (Å²) in [5, 5.41) is 8.26. The van der Waals surface area contributed by atoms with Crippen LogP contribution in [-0.2, 0) is 14.3 Å². The zero-order valence-corrected chi connectivity index (χ0v) is 19.3. The van der Waals surface area contributed by atoms with Crippen LogP contribution >= 0.6 is 37.2 Å². The van der Waals surface area contributed by atoms with E-state index in [2.05, 4.69) is 26.0 Å². The molecule has 3 rings (SSSR count). The van der Waals surface area contributed by atoms with E-state index < -0.39 is 5.72 Å². The summed E-state index contributed by atoms with van der Waals surface area (Å²) in [4.78, 5) is 25.7. The molecule has 2 saturated heterocycles. The molecule has 8 nitrogen and oxygen atoms in total. The number of carbonyl (C=O) groups excluding carboxylic acids is 2. The number of esters is 1. The summed E-state index contributed by atoms with van der Waals surface area (Å²) in [6, 6.07) is 0.698. The molecule has 2 heterocycles. The Labute approximate surface area is 192 Å². The highest BCUT2D eigenvalue weighted by Crippen LogP contribution is 2.29. The molecule has 3 N–H and O–H groups in total. The normalized spacial score (nSPS) is 22.9. The molecule has 0 aromatic carbocycles. The summed E-state index contributed by atoms with van der Waals surface area (Å²) < 4.78 is 5.64. The van der Waals surface area contributed by atoms with Gasteiger partial charge in [-0.05, 0) is 38.8 Å². The van der Waals surface area contributed by atoms with Crippen molar-refractivity contribution in [3.05, 3.63) is 0 Å². The number of hydrazine groups is 1. The van der Waals surface area contributed by atoms with E-state index in [-0.39, 0.29) is 49.7 Å². The highest BCUT2D eigenvalue weighted by molar-refractivity contribution is 5.86. The lowest BCUT2D eigenvalue weighted by Crippen LogP contribution is -2.57. The van der Waals surface area contributed by atoms with E-state index in [9.17, 15) is 9.59 Å². The average Bonchev–Trinajstić information content (AvgIpc) is 2.68. The van der Waals surface area contributed by atoms with Crippen molar-refractivity contribution in [2.24, 2.45) is 0 Å². The molecular weight excluding hydrogens is 441 g/mol. The van der Waals surface area contributed by atoms with E-state index >= 15 is 0 Å². The largest absolute Gasteiger partial charge is 0.438 e. The number of rotatable bonds is 7. The standard InChI is InChI=1S/C18H33N5O3.3ClH/c24-15-20-18(6-2-1-3-7-18)26-17(25)14-21-23-12-10-22(11-13-23)16-4-8-19-9-5-16;;;/h15-16,19,21H,1-14H2,(H,20,24);3*1H. The summed E-state index contributed by atoms with van der Waals surface area (Å²) in [7, 11) is 0. The predicted molar refractivity (Wildman–Crippen MR) is 120 cm³/mol. The number of piperidine rings is 1. The van der Waals surface area contributed by atoms with Gasteiger partial charge in [-0.1, -0.05) is 6.42 Å². The number of nitrogens with one attached hydrogen (secondary N) is 3. The maximum absolute atomic E-state index is 12.3. The first-order chi connectivity index (χ1) is 12.7. The number of nitrogens with zero attached hydrogens (tertiary/aromatic N) is 2. The first kappa shape index (κ1) is 28.6. The van der Waals surface area contributed by atoms with Gasteiger partial charge in [0.15, 0.2) is 5.72 Å². The van der Waals surface area contributed by atoms with Gasteiger partial charge in [0.05, 0.1) is 0 Å². The van der Waals surface area contributed by atoms with Crippen LogP contribution < -0.4 is 16.1 Å². The van der Waals surface area contributed by atoms with Gasteiger partial charge in [-0.15, -0.1) is 37.2 Å². The van der Waals surface area contributed by atoms with Crippen LogP contribution in [-0.4, -0.2) is 79.9 Å². The van der Waals surface area contributed by atoms with Crippen LogP contribution in [0.2, 0.25) is 0 Å². The summed E-state index contributed by atoms with van der Waals surface area (Å²) in [5.74, 6) is -0.304. The van der Waals surface area contributed by atoms with Crippen LogP contribution in [0.15, 0.2) is 0 Å². The van der Waals surface area contributed by atoms with Crippen molar-refractivity contribution in [2.45, 2.75) is 56.7 Å². The Morgan fingerprint density at radius 1 is 1.03 bits per heavy atom. The zero-order chi connectivity index (χ0) is 18.2. The number of amides is 1. The lowest BCUT2D eigenvalue weighted by Gasteiger charge is -2.41. The number of hydrogen-bond donors (Lipinski definition) is 3. The zero-order valence-electron chi connectivity index (χ0n) is 16.9. The summed E-state index contributed by atoms with van der Waals surface area (Å²) in [5.41, 5.74) is 2.40. The Balaban J connectivity index is 0.00000261. The van der Waals surface area contributed by atoms with Crippen molar-refractivity contribution >= 4 is 49.6 Å². The molecule has 0 atom stereocenters. The number of halogens is 3. The third-order valence-corrected chi connectivity index (χ3v) is 5.88. The molecule has 0 unspecified atom stereocenters. The minimum atomic E-state index is -0.799. The Kier molecular flexibility index (Phi) is 14.4. The topological polar surface area (TPSA) is 85.9 Å². The number of ether oxygens (including phenoxy) is 1. The van der Waals surface area contributed by atoms with Gasteiger partial charge in [-0.3, -0.25) is 14.5 Å². The second-order valence-electron chi connectivity index (χ2n) is 7.63. The third-order valence-electron chi connectivity index (χ3n) is 5.88. The molecule has 0 aromatic rings. The first-order valence-corrected chi connectivity index (χ1v) is 10.1. The van der Waals surface area contributed by atoms with Gasteiger partial charge >= 0.3 is 5.97 Å². The molecule has 29 heavy (non-hydrogen) atoms. The van der Waals surface area contributed by atoms with Gasteiger partial charge in [0.1, 0.15) is 6.54 Å². The van der Waals surface area contributed by atoms with E-state index in [0.717, 1.165) is 58.5 Å². The van der Waals surface area contributed by atoms with Crippen LogP contribution in [0.3, 0.4) is 0 Å². The monoisotopic (exact) mass is 475 g/mol. The Morgan fingerprint density at radius 3 is 2.24 bits per heavy atom. The molecule has 3 fully saturated rings. The van der Waals surface area contributed by atoms with Gasteiger partial charge in [-0.2, -0.15) is 0 Å². The van der Waals surface area contributed by atoms with E-state index in [1.54, 1.807) is 0 Å². The fourth-order valence-electron chi connectivity index (χ4n) is 4.35. The van der Waals surface area contributed by atoms with Crippen LogP contribution in [0.5, 0.6) is 0 Å². The summed E-state index contributed by atoms with van der Waals surface area (Å²) in [6.07, 6.45) is 7.57. The van der Waals surface area contributed by atoms with Gasteiger partial charge < -0.3 is 15.4 Å². The lowest BCUT2D eigenvalue weighted by molar-refractivity contribution is -0.168. The van der Waals surface area contributed by atoms with Crippen LogP contribution in [0.1, 0.15) is 44.9 Å². The third kappa shape index (κ3) is 8.73. The van der Waals surface area contributed by atoms with Gasteiger partial charge in [0.2, 0.25) is 6.41 Å². The molecule has 3 aliphatic rings. The Morgan fingerprint density at radius 2 is 1.66 bits per heavy atom. The summed E-state index contributed by atoms with van der Waals surface area (Å²) >= 11 is 0. The molecule has 1 saturated carbocycles. The van der Waals surface area contributed by atoms with Crippen LogP contribution in [0, 0.1) is 0 Å². The first-order valence-electron chi connectivity index (χ1n) is 10.1. The van der Waals surface area contributed by atoms with E-state index in [0.29, 0.717) is 25.3 Å². The molecule has 172 valence electrons. The molecule has 2 aliphatic heterocycles. The van der Waals surface area contributed by atoms with Gasteiger partial charge in [0, 0.05) is 45.1 Å². The van der Waals surface area contributed by atoms with Crippen molar-refractivity contribution in [3.63, 3.8) is 0 Å². The maximum Gasteiger partial charge on any atom is 0.323 e. The van der Waals surface area contributed by atoms with Crippen molar-refractivity contribution in [3.8, 4) is 0 Å². The highest BCUT2D eigenvalue weighted by Gasteiger charge is 2.35. The molecule has 1 aliphatic carbocycles. The van der Waals surface area contributed by atoms with E-state index in [1.807, 2.05) is 0 Å². The smallest absolute Gasteiger partial charge is 0.323 e. The molecule has 0 radical (unpaired) electrons. The number of hydrogen-bond acceptors (Lipinski definition) is 7. The van der Waals surface area contributed by atoms with E-state index in [4.69, 9.17) is 4.74 Å². The average molecular weight is 477 g/mol. The second kappa shape index (κ2) is 14.6. The number of piperazine rings is 1. The fraction of sp³-hybridized carbons (Fsp3) is 0.889. The molecule has 1 amide bonds. The van der Waals surface area contributed by atoms with E-state index in [1.165, 1.54) is 12.8 Å². The fourth-order valence-corrected chi connectivity index (χ4v) is 4.35. The van der Waals surface area contributed by atoms with Crippen molar-refractivity contribution < 1.29 is 14.3 Å². The molecule has 0 bridgehead atoms.